The third-order valence-electron chi connectivity index (χ3n) is 12.3. The average Bonchev–Trinajstić information content (AvgIpc) is 3.86. The number of hydrogen-bond acceptors (Lipinski definition) is 9. The minimum atomic E-state index is -4.56. The molecule has 1 N–H and O–H groups in total. The van der Waals surface area contributed by atoms with Crippen molar-refractivity contribution in [3.8, 4) is 16.9 Å². The quantitative estimate of drug-likeness (QED) is 0.201. The first-order valence-corrected chi connectivity index (χ1v) is 19.2. The van der Waals surface area contributed by atoms with Gasteiger partial charge in [0.15, 0.2) is 12.4 Å². The van der Waals surface area contributed by atoms with Crippen LogP contribution in [0.4, 0.5) is 24.9 Å². The number of ether oxygens (including phenoxy) is 2. The predicted molar refractivity (Wildman–Crippen MR) is 201 cm³/mol. The molecule has 1 amide bonds. The molecule has 0 radical (unpaired) electrons. The second-order valence-corrected chi connectivity index (χ2v) is 16.2. The van der Waals surface area contributed by atoms with Gasteiger partial charge in [0.2, 0.25) is 11.9 Å². The van der Waals surface area contributed by atoms with Gasteiger partial charge in [0.25, 0.3) is 0 Å². The van der Waals surface area contributed by atoms with Crippen molar-refractivity contribution in [1.29, 1.82) is 0 Å². The van der Waals surface area contributed by atoms with Gasteiger partial charge in [-0.15, -0.1) is 0 Å². The van der Waals surface area contributed by atoms with Crippen molar-refractivity contribution in [3.05, 3.63) is 48.2 Å². The highest BCUT2D eigenvalue weighted by atomic mass is 19.4. The molecule has 54 heavy (non-hydrogen) atoms. The molecule has 0 unspecified atom stereocenters. The lowest BCUT2D eigenvalue weighted by Gasteiger charge is -2.54. The fourth-order valence-corrected chi connectivity index (χ4v) is 8.98. The molecule has 0 atom stereocenters. The van der Waals surface area contributed by atoms with Crippen molar-refractivity contribution in [3.63, 3.8) is 0 Å². The van der Waals surface area contributed by atoms with Crippen LogP contribution in [0.2, 0.25) is 0 Å². The number of rotatable bonds is 9. The van der Waals surface area contributed by atoms with Gasteiger partial charge in [-0.2, -0.15) is 23.3 Å². The number of amides is 1. The van der Waals surface area contributed by atoms with Crippen LogP contribution in [-0.2, 0) is 9.53 Å². The first-order chi connectivity index (χ1) is 26.0. The third kappa shape index (κ3) is 6.54. The molecular formula is C40H47F3N8O3. The number of anilines is 2. The van der Waals surface area contributed by atoms with Gasteiger partial charge in [0, 0.05) is 74.1 Å². The van der Waals surface area contributed by atoms with Gasteiger partial charge >= 0.3 is 6.18 Å². The smallest absolute Gasteiger partial charge is 0.422 e. The van der Waals surface area contributed by atoms with Gasteiger partial charge in [-0.3, -0.25) is 9.89 Å². The maximum absolute atomic E-state index is 14.1. The molecule has 2 aromatic heterocycles. The molecule has 11 nitrogen and oxygen atoms in total. The van der Waals surface area contributed by atoms with Crippen molar-refractivity contribution < 1.29 is 27.4 Å². The number of aromatic nitrogens is 4. The number of alkyl halides is 3. The molecule has 0 bridgehead atoms. The van der Waals surface area contributed by atoms with E-state index in [9.17, 15) is 18.0 Å². The first kappa shape index (κ1) is 35.3. The predicted octanol–water partition coefficient (Wildman–Crippen LogP) is 6.21. The molecular weight excluding hydrogens is 697 g/mol. The Morgan fingerprint density at radius 3 is 2.43 bits per heavy atom. The zero-order valence-corrected chi connectivity index (χ0v) is 30.9. The van der Waals surface area contributed by atoms with Crippen LogP contribution in [0.25, 0.3) is 32.9 Å². The van der Waals surface area contributed by atoms with Gasteiger partial charge in [-0.05, 0) is 93.3 Å². The number of nitrogens with one attached hydrogen (secondary N) is 1. The van der Waals surface area contributed by atoms with Crippen molar-refractivity contribution in [2.75, 3.05) is 75.8 Å². The molecule has 1 saturated carbocycles. The van der Waals surface area contributed by atoms with E-state index < -0.39 is 12.8 Å². The number of likely N-dealkylation sites (tertiary alicyclic amines) is 2. The summed E-state index contributed by atoms with van der Waals surface area (Å²) in [5.41, 5.74) is 4.56. The lowest BCUT2D eigenvalue weighted by Crippen LogP contribution is -2.61. The fourth-order valence-electron chi connectivity index (χ4n) is 8.98. The number of piperidine rings is 2. The van der Waals surface area contributed by atoms with Crippen LogP contribution in [-0.4, -0.2) is 120 Å². The number of benzene rings is 2. The Kier molecular flexibility index (Phi) is 8.75. The lowest BCUT2D eigenvalue weighted by molar-refractivity contribution is -0.153. The summed E-state index contributed by atoms with van der Waals surface area (Å²) in [4.78, 5) is 31.1. The lowest BCUT2D eigenvalue weighted by atomic mass is 9.72. The number of aryl methyl sites for hydroxylation is 1. The maximum atomic E-state index is 14.1. The fraction of sp³-hybridized carbons (Fsp3) is 0.550. The molecule has 9 rings (SSSR count). The van der Waals surface area contributed by atoms with Gasteiger partial charge in [-0.25, -0.2) is 4.98 Å². The largest absolute Gasteiger partial charge is 0.481 e. The van der Waals surface area contributed by atoms with Crippen molar-refractivity contribution in [2.24, 2.45) is 5.41 Å². The normalized spacial score (nSPS) is 21.2. The number of fused-ring (bicyclic) bond motifs is 2. The van der Waals surface area contributed by atoms with E-state index in [-0.39, 0.29) is 35.2 Å². The Labute approximate surface area is 312 Å². The van der Waals surface area contributed by atoms with Gasteiger partial charge in [0.05, 0.1) is 23.9 Å². The molecule has 6 heterocycles. The summed E-state index contributed by atoms with van der Waals surface area (Å²) >= 11 is 0. The summed E-state index contributed by atoms with van der Waals surface area (Å²) in [6, 6.07) is 6.04. The van der Waals surface area contributed by atoms with E-state index in [4.69, 9.17) is 19.4 Å². The minimum absolute atomic E-state index is 0.0333. The summed E-state index contributed by atoms with van der Waals surface area (Å²) in [6.07, 6.45) is 4.40. The summed E-state index contributed by atoms with van der Waals surface area (Å²) < 4.78 is 54.8. The van der Waals surface area contributed by atoms with Crippen molar-refractivity contribution in [2.45, 2.75) is 69.8 Å². The van der Waals surface area contributed by atoms with E-state index in [2.05, 4.69) is 44.6 Å². The second-order valence-electron chi connectivity index (χ2n) is 16.2. The van der Waals surface area contributed by atoms with E-state index in [1.54, 1.807) is 6.20 Å². The number of nitrogens with zero attached hydrogens (tertiary/aromatic N) is 7. The number of hydrogen-bond donors (Lipinski definition) is 1. The molecule has 1 spiro atoms. The molecule has 2 aromatic carbocycles. The minimum Gasteiger partial charge on any atom is -0.481 e. The number of carbonyl (C=O) groups is 1. The van der Waals surface area contributed by atoms with Gasteiger partial charge in [0.1, 0.15) is 11.3 Å². The second kappa shape index (κ2) is 13.4. The monoisotopic (exact) mass is 744 g/mol. The zero-order chi connectivity index (χ0) is 37.4. The molecule has 1 aliphatic carbocycles. The summed E-state index contributed by atoms with van der Waals surface area (Å²) in [5.74, 6) is 1.45. The summed E-state index contributed by atoms with van der Waals surface area (Å²) in [5, 5.41) is 8.86. The van der Waals surface area contributed by atoms with Crippen LogP contribution in [0.1, 0.15) is 55.6 Å². The highest BCUT2D eigenvalue weighted by molar-refractivity contribution is 6.06. The highest BCUT2D eigenvalue weighted by Gasteiger charge is 2.47. The van der Waals surface area contributed by atoms with E-state index >= 15 is 0 Å². The number of carbonyl (C=O) groups excluding carboxylic acids is 1. The van der Waals surface area contributed by atoms with Crippen LogP contribution >= 0.6 is 0 Å². The third-order valence-corrected chi connectivity index (χ3v) is 12.3. The molecule has 4 saturated heterocycles. The number of aromatic amines is 1. The highest BCUT2D eigenvalue weighted by Crippen LogP contribution is 2.53. The summed E-state index contributed by atoms with van der Waals surface area (Å²) in [6.45, 7) is 10.2. The molecule has 4 aromatic rings. The molecule has 14 heteroatoms. The van der Waals surface area contributed by atoms with E-state index in [1.807, 2.05) is 24.0 Å². The van der Waals surface area contributed by atoms with Crippen LogP contribution < -0.4 is 14.5 Å². The Morgan fingerprint density at radius 1 is 1.00 bits per heavy atom. The average molecular weight is 745 g/mol. The van der Waals surface area contributed by atoms with Gasteiger partial charge < -0.3 is 29.1 Å². The Morgan fingerprint density at radius 2 is 1.74 bits per heavy atom. The molecule has 5 fully saturated rings. The Hall–Kier alpha value is -4.43. The number of H-pyrrole nitrogens is 1. The number of halogens is 3. The SMILES string of the molecule is C=CC(=O)N1CC2(CCN(c3nc(N4CC(OC5CCN(C)CC5)C4)nc4c(OCC(F)(F)F)c(-c5c(C)ccc6[nH]ncc56)c(C5CC5)cc34)CC2)C1. The summed E-state index contributed by atoms with van der Waals surface area (Å²) in [7, 11) is 2.13. The standard InChI is InChI=1S/C40H47F3N8O3/c1-4-32(52)51-21-39(22-51)11-15-49(16-12-39)37-29-17-28(25-6-7-25)34(33-24(2)5-8-31-30(33)18-44-47-31)36(53-23-40(41,42)43)35(29)45-38(46-37)50-19-27(20-50)54-26-9-13-48(3)14-10-26/h4-5,8,17-18,25-27H,1,6-7,9-16,19-23H2,2-3H3,(H,44,47). The van der Waals surface area contributed by atoms with Crippen molar-refractivity contribution >= 4 is 39.5 Å². The maximum Gasteiger partial charge on any atom is 0.422 e. The van der Waals surface area contributed by atoms with E-state index in [0.717, 1.165) is 79.2 Å². The van der Waals surface area contributed by atoms with Gasteiger partial charge in [-0.1, -0.05) is 12.6 Å². The van der Waals surface area contributed by atoms with Crippen LogP contribution in [0.5, 0.6) is 5.75 Å². The van der Waals surface area contributed by atoms with Crippen LogP contribution in [0.15, 0.2) is 37.1 Å². The van der Waals surface area contributed by atoms with E-state index in [1.165, 1.54) is 6.08 Å². The molecule has 4 aliphatic heterocycles. The Balaban J connectivity index is 1.15. The zero-order valence-electron chi connectivity index (χ0n) is 30.9. The topological polar surface area (TPSA) is 103 Å². The molecule has 5 aliphatic rings. The van der Waals surface area contributed by atoms with E-state index in [0.29, 0.717) is 67.5 Å². The van der Waals surface area contributed by atoms with Crippen LogP contribution in [0, 0.1) is 12.3 Å². The molecule has 286 valence electrons. The first-order valence-electron chi connectivity index (χ1n) is 19.2. The van der Waals surface area contributed by atoms with Crippen LogP contribution in [0.3, 0.4) is 0 Å². The van der Waals surface area contributed by atoms with Crippen molar-refractivity contribution in [1.82, 2.24) is 30.0 Å². The Bertz CT molecular complexity index is 2090.